The Morgan fingerprint density at radius 1 is 1.24 bits per heavy atom. The Hall–Kier alpha value is -1.97. The van der Waals surface area contributed by atoms with Crippen LogP contribution in [0.3, 0.4) is 0 Å². The summed E-state index contributed by atoms with van der Waals surface area (Å²) in [7, 11) is 0. The van der Waals surface area contributed by atoms with Gasteiger partial charge in [-0.25, -0.2) is 0 Å². The molecule has 3 atom stereocenters. The SMILES string of the molecule is C=CC(=O)CCC1=CC=C[C@@H]2O[C@H](c3ccccc3)O[C@H]12. The van der Waals surface area contributed by atoms with Crippen molar-refractivity contribution >= 4 is 5.78 Å². The molecular formula is C18H18O3. The zero-order chi connectivity index (χ0) is 14.7. The number of ether oxygens (including phenoxy) is 2. The molecule has 0 spiro atoms. The molecule has 0 aromatic heterocycles. The van der Waals surface area contributed by atoms with Gasteiger partial charge in [-0.2, -0.15) is 0 Å². The molecule has 1 aromatic carbocycles. The molecule has 108 valence electrons. The summed E-state index contributed by atoms with van der Waals surface area (Å²) >= 11 is 0. The van der Waals surface area contributed by atoms with Gasteiger partial charge in [-0.05, 0) is 18.1 Å². The van der Waals surface area contributed by atoms with Gasteiger partial charge >= 0.3 is 0 Å². The summed E-state index contributed by atoms with van der Waals surface area (Å²) in [6.07, 6.45) is 8.00. The van der Waals surface area contributed by atoms with Crippen LogP contribution in [-0.4, -0.2) is 18.0 Å². The first-order chi connectivity index (χ1) is 10.3. The van der Waals surface area contributed by atoms with Crippen molar-refractivity contribution in [2.24, 2.45) is 0 Å². The maximum absolute atomic E-state index is 11.4. The van der Waals surface area contributed by atoms with E-state index in [9.17, 15) is 4.79 Å². The highest BCUT2D eigenvalue weighted by atomic mass is 16.7. The average molecular weight is 282 g/mol. The molecule has 3 nitrogen and oxygen atoms in total. The molecule has 0 amide bonds. The van der Waals surface area contributed by atoms with E-state index in [0.29, 0.717) is 12.8 Å². The van der Waals surface area contributed by atoms with Crippen molar-refractivity contribution < 1.29 is 14.3 Å². The molecule has 1 fully saturated rings. The third-order valence-electron chi connectivity index (χ3n) is 3.79. The fourth-order valence-corrected chi connectivity index (χ4v) is 2.65. The van der Waals surface area contributed by atoms with E-state index < -0.39 is 0 Å². The Bertz CT molecular complexity index is 586. The number of ketones is 1. The van der Waals surface area contributed by atoms with Crippen molar-refractivity contribution in [3.8, 4) is 0 Å². The average Bonchev–Trinajstić information content (AvgIpc) is 2.98. The zero-order valence-electron chi connectivity index (χ0n) is 11.8. The molecule has 1 aliphatic heterocycles. The molecule has 1 aromatic rings. The number of carbonyl (C=O) groups excluding carboxylic acids is 1. The lowest BCUT2D eigenvalue weighted by atomic mass is 9.94. The number of hydrogen-bond acceptors (Lipinski definition) is 3. The number of benzene rings is 1. The van der Waals surface area contributed by atoms with Crippen molar-refractivity contribution in [3.63, 3.8) is 0 Å². The smallest absolute Gasteiger partial charge is 0.185 e. The van der Waals surface area contributed by atoms with E-state index in [2.05, 4.69) is 6.58 Å². The topological polar surface area (TPSA) is 35.5 Å². The second kappa shape index (κ2) is 6.20. The third-order valence-corrected chi connectivity index (χ3v) is 3.79. The molecule has 3 rings (SSSR count). The van der Waals surface area contributed by atoms with Crippen LogP contribution in [0.15, 0.2) is 66.8 Å². The molecular weight excluding hydrogens is 264 g/mol. The van der Waals surface area contributed by atoms with E-state index in [-0.39, 0.29) is 24.3 Å². The van der Waals surface area contributed by atoms with Crippen LogP contribution in [0.5, 0.6) is 0 Å². The lowest BCUT2D eigenvalue weighted by Gasteiger charge is -2.20. The molecule has 1 heterocycles. The van der Waals surface area contributed by atoms with Gasteiger partial charge in [0.1, 0.15) is 12.2 Å². The van der Waals surface area contributed by atoms with E-state index in [1.807, 2.05) is 48.6 Å². The Balaban J connectivity index is 1.70. The van der Waals surface area contributed by atoms with Gasteiger partial charge < -0.3 is 9.47 Å². The fraction of sp³-hybridized carbons (Fsp3) is 0.278. The van der Waals surface area contributed by atoms with Crippen LogP contribution < -0.4 is 0 Å². The fourth-order valence-electron chi connectivity index (χ4n) is 2.65. The van der Waals surface area contributed by atoms with Crippen LogP contribution in [0.1, 0.15) is 24.7 Å². The van der Waals surface area contributed by atoms with Crippen molar-refractivity contribution in [2.75, 3.05) is 0 Å². The molecule has 1 aliphatic carbocycles. The van der Waals surface area contributed by atoms with Gasteiger partial charge in [0.25, 0.3) is 0 Å². The molecule has 3 heteroatoms. The van der Waals surface area contributed by atoms with E-state index in [4.69, 9.17) is 9.47 Å². The van der Waals surface area contributed by atoms with E-state index in [0.717, 1.165) is 11.1 Å². The highest BCUT2D eigenvalue weighted by molar-refractivity contribution is 5.89. The lowest BCUT2D eigenvalue weighted by molar-refractivity contribution is -0.114. The van der Waals surface area contributed by atoms with Crippen LogP contribution in [-0.2, 0) is 14.3 Å². The summed E-state index contributed by atoms with van der Waals surface area (Å²) in [4.78, 5) is 11.4. The van der Waals surface area contributed by atoms with Gasteiger partial charge in [-0.1, -0.05) is 55.1 Å². The maximum Gasteiger partial charge on any atom is 0.185 e. The van der Waals surface area contributed by atoms with Gasteiger partial charge in [-0.15, -0.1) is 0 Å². The minimum atomic E-state index is -0.345. The lowest BCUT2D eigenvalue weighted by Crippen LogP contribution is -2.25. The minimum Gasteiger partial charge on any atom is -0.338 e. The largest absolute Gasteiger partial charge is 0.338 e. The highest BCUT2D eigenvalue weighted by Gasteiger charge is 2.38. The van der Waals surface area contributed by atoms with Gasteiger partial charge in [-0.3, -0.25) is 4.79 Å². The van der Waals surface area contributed by atoms with Gasteiger partial charge in [0.15, 0.2) is 12.1 Å². The standard InChI is InChI=1S/C18H18O3/c1-2-15(19)12-11-13-9-6-10-16-17(13)21-18(20-16)14-7-4-3-5-8-14/h2-10,16-18H,1,11-12H2/t16-,17+,18-/m0/s1. The second-order valence-corrected chi connectivity index (χ2v) is 5.20. The molecule has 21 heavy (non-hydrogen) atoms. The summed E-state index contributed by atoms with van der Waals surface area (Å²) in [5.41, 5.74) is 2.12. The van der Waals surface area contributed by atoms with E-state index in [1.165, 1.54) is 6.08 Å². The van der Waals surface area contributed by atoms with Gasteiger partial charge in [0, 0.05) is 12.0 Å². The molecule has 1 saturated heterocycles. The summed E-state index contributed by atoms with van der Waals surface area (Å²) < 4.78 is 12.0. The number of allylic oxidation sites excluding steroid dienone is 3. The van der Waals surface area contributed by atoms with Crippen molar-refractivity contribution in [3.05, 3.63) is 72.4 Å². The number of hydrogen-bond donors (Lipinski definition) is 0. The molecule has 0 saturated carbocycles. The van der Waals surface area contributed by atoms with Crippen LogP contribution in [0.25, 0.3) is 0 Å². The highest BCUT2D eigenvalue weighted by Crippen LogP contribution is 2.37. The normalized spacial score (nSPS) is 27.0. The molecule has 0 radical (unpaired) electrons. The summed E-state index contributed by atoms with van der Waals surface area (Å²) in [5, 5.41) is 0. The maximum atomic E-state index is 11.4. The first-order valence-corrected chi connectivity index (χ1v) is 7.16. The van der Waals surface area contributed by atoms with Crippen LogP contribution >= 0.6 is 0 Å². The van der Waals surface area contributed by atoms with Gasteiger partial charge in [0.2, 0.25) is 0 Å². The van der Waals surface area contributed by atoms with Crippen molar-refractivity contribution in [1.29, 1.82) is 0 Å². The Labute approximate surface area is 124 Å². The number of rotatable bonds is 5. The summed E-state index contributed by atoms with van der Waals surface area (Å²) in [6.45, 7) is 3.50. The second-order valence-electron chi connectivity index (χ2n) is 5.20. The Morgan fingerprint density at radius 3 is 2.81 bits per heavy atom. The Morgan fingerprint density at radius 2 is 2.05 bits per heavy atom. The Kier molecular flexibility index (Phi) is 4.13. The summed E-state index contributed by atoms with van der Waals surface area (Å²) in [6, 6.07) is 9.91. The van der Waals surface area contributed by atoms with Gasteiger partial charge in [0.05, 0.1) is 0 Å². The first-order valence-electron chi connectivity index (χ1n) is 7.16. The van der Waals surface area contributed by atoms with Crippen LogP contribution in [0.2, 0.25) is 0 Å². The first kappa shape index (κ1) is 14.0. The van der Waals surface area contributed by atoms with Crippen LogP contribution in [0, 0.1) is 0 Å². The van der Waals surface area contributed by atoms with Crippen LogP contribution in [0.4, 0.5) is 0 Å². The van der Waals surface area contributed by atoms with Crippen molar-refractivity contribution in [2.45, 2.75) is 31.3 Å². The predicted molar refractivity (Wildman–Crippen MR) is 80.6 cm³/mol. The summed E-state index contributed by atoms with van der Waals surface area (Å²) in [5.74, 6) is 0.0560. The minimum absolute atomic E-state index is 0.0560. The van der Waals surface area contributed by atoms with Crippen molar-refractivity contribution in [1.82, 2.24) is 0 Å². The monoisotopic (exact) mass is 282 g/mol. The number of fused-ring (bicyclic) bond motifs is 1. The van der Waals surface area contributed by atoms with E-state index in [1.54, 1.807) is 0 Å². The molecule has 0 N–H and O–H groups in total. The quantitative estimate of drug-likeness (QED) is 0.775. The third kappa shape index (κ3) is 3.04. The number of carbonyl (C=O) groups is 1. The predicted octanol–water partition coefficient (Wildman–Crippen LogP) is 3.50. The molecule has 2 aliphatic rings. The molecule has 0 unspecified atom stereocenters. The van der Waals surface area contributed by atoms with E-state index >= 15 is 0 Å². The molecule has 0 bridgehead atoms. The zero-order valence-corrected chi connectivity index (χ0v) is 11.8.